The Labute approximate surface area is 178 Å². The van der Waals surface area contributed by atoms with E-state index >= 15 is 0 Å². The number of piperidine rings is 1. The molecule has 2 aromatic rings. The predicted octanol–water partition coefficient (Wildman–Crippen LogP) is 3.17. The maximum Gasteiger partial charge on any atom is 0.257 e. The van der Waals surface area contributed by atoms with Gasteiger partial charge in [-0.2, -0.15) is 0 Å². The molecule has 160 valence electrons. The molecule has 2 saturated heterocycles. The van der Waals surface area contributed by atoms with Gasteiger partial charge in [-0.05, 0) is 37.8 Å². The van der Waals surface area contributed by atoms with E-state index in [1.165, 1.54) is 23.7 Å². The van der Waals surface area contributed by atoms with Crippen LogP contribution in [0.2, 0.25) is 0 Å². The zero-order valence-corrected chi connectivity index (χ0v) is 17.8. The van der Waals surface area contributed by atoms with Crippen LogP contribution in [0.4, 0.5) is 0 Å². The summed E-state index contributed by atoms with van der Waals surface area (Å²) in [5.41, 5.74) is 3.19. The van der Waals surface area contributed by atoms with Gasteiger partial charge in [0.05, 0.1) is 11.8 Å². The first-order valence-electron chi connectivity index (χ1n) is 11.0. The van der Waals surface area contributed by atoms with Crippen LogP contribution >= 0.6 is 0 Å². The number of aryl methyl sites for hydroxylation is 1. The second kappa shape index (κ2) is 9.47. The van der Waals surface area contributed by atoms with E-state index in [1.807, 2.05) is 9.80 Å². The van der Waals surface area contributed by atoms with Crippen molar-refractivity contribution in [2.75, 3.05) is 39.3 Å². The molecule has 0 unspecified atom stereocenters. The largest absolute Gasteiger partial charge is 0.472 e. The predicted molar refractivity (Wildman–Crippen MR) is 115 cm³/mol. The van der Waals surface area contributed by atoms with Gasteiger partial charge >= 0.3 is 0 Å². The van der Waals surface area contributed by atoms with Gasteiger partial charge in [0.15, 0.2) is 0 Å². The topological polar surface area (TPSA) is 57.0 Å². The van der Waals surface area contributed by atoms with Crippen LogP contribution in [0.3, 0.4) is 0 Å². The zero-order valence-electron chi connectivity index (χ0n) is 17.8. The van der Waals surface area contributed by atoms with Gasteiger partial charge in [0.25, 0.3) is 5.91 Å². The molecular formula is C24H31N3O3. The third-order valence-corrected chi connectivity index (χ3v) is 6.33. The Morgan fingerprint density at radius 2 is 1.70 bits per heavy atom. The summed E-state index contributed by atoms with van der Waals surface area (Å²) in [5.74, 6) is 0.292. The van der Waals surface area contributed by atoms with Crippen LogP contribution in [-0.4, -0.2) is 65.8 Å². The van der Waals surface area contributed by atoms with Crippen molar-refractivity contribution < 1.29 is 14.0 Å². The Morgan fingerprint density at radius 1 is 0.933 bits per heavy atom. The summed E-state index contributed by atoms with van der Waals surface area (Å²) in [5, 5.41) is 0. The molecule has 30 heavy (non-hydrogen) atoms. The molecule has 0 saturated carbocycles. The minimum atomic E-state index is -0.00355. The summed E-state index contributed by atoms with van der Waals surface area (Å²) in [6.45, 7) is 7.87. The molecule has 0 spiro atoms. The SMILES string of the molecule is Cc1ccc(CN2CCCN(C(=O)C3CCN(C(=O)c4ccoc4)CC3)CC2)cc1. The first-order chi connectivity index (χ1) is 14.6. The van der Waals surface area contributed by atoms with Crippen molar-refractivity contribution in [2.24, 2.45) is 5.92 Å². The molecular weight excluding hydrogens is 378 g/mol. The number of carbonyl (C=O) groups is 2. The van der Waals surface area contributed by atoms with Gasteiger partial charge in [0.2, 0.25) is 5.91 Å². The van der Waals surface area contributed by atoms with E-state index in [1.54, 1.807) is 6.07 Å². The second-order valence-corrected chi connectivity index (χ2v) is 8.52. The molecule has 2 amide bonds. The van der Waals surface area contributed by atoms with Crippen molar-refractivity contribution in [1.29, 1.82) is 0 Å². The van der Waals surface area contributed by atoms with E-state index in [0.717, 1.165) is 52.0 Å². The molecule has 1 aromatic heterocycles. The van der Waals surface area contributed by atoms with E-state index in [-0.39, 0.29) is 17.7 Å². The summed E-state index contributed by atoms with van der Waals surface area (Å²) < 4.78 is 5.02. The number of nitrogens with zero attached hydrogens (tertiary/aromatic N) is 3. The third kappa shape index (κ3) is 4.93. The van der Waals surface area contributed by atoms with Gasteiger partial charge in [-0.1, -0.05) is 29.8 Å². The Hall–Kier alpha value is -2.60. The lowest BCUT2D eigenvalue weighted by molar-refractivity contribution is -0.136. The van der Waals surface area contributed by atoms with Gasteiger partial charge in [-0.3, -0.25) is 14.5 Å². The van der Waals surface area contributed by atoms with Gasteiger partial charge in [-0.25, -0.2) is 0 Å². The van der Waals surface area contributed by atoms with Crippen LogP contribution < -0.4 is 0 Å². The summed E-state index contributed by atoms with van der Waals surface area (Å²) in [7, 11) is 0. The minimum Gasteiger partial charge on any atom is -0.472 e. The van der Waals surface area contributed by atoms with Gasteiger partial charge < -0.3 is 14.2 Å². The summed E-state index contributed by atoms with van der Waals surface area (Å²) in [6.07, 6.45) is 5.50. The van der Waals surface area contributed by atoms with Crippen molar-refractivity contribution in [3.8, 4) is 0 Å². The molecule has 2 fully saturated rings. The van der Waals surface area contributed by atoms with Crippen LogP contribution in [0.15, 0.2) is 47.3 Å². The first kappa shape index (κ1) is 20.7. The minimum absolute atomic E-state index is 0.00355. The molecule has 6 nitrogen and oxygen atoms in total. The second-order valence-electron chi connectivity index (χ2n) is 8.52. The molecule has 0 bridgehead atoms. The Balaban J connectivity index is 1.26. The molecule has 2 aliphatic rings. The summed E-state index contributed by atoms with van der Waals surface area (Å²) in [6, 6.07) is 10.4. The molecule has 0 radical (unpaired) electrons. The van der Waals surface area contributed by atoms with Crippen molar-refractivity contribution in [3.63, 3.8) is 0 Å². The van der Waals surface area contributed by atoms with Gasteiger partial charge in [-0.15, -0.1) is 0 Å². The maximum absolute atomic E-state index is 13.1. The number of hydrogen-bond acceptors (Lipinski definition) is 4. The number of carbonyl (C=O) groups excluding carboxylic acids is 2. The fourth-order valence-electron chi connectivity index (χ4n) is 4.46. The molecule has 0 atom stereocenters. The fraction of sp³-hybridized carbons (Fsp3) is 0.500. The first-order valence-corrected chi connectivity index (χ1v) is 11.0. The fourth-order valence-corrected chi connectivity index (χ4v) is 4.46. The lowest BCUT2D eigenvalue weighted by Gasteiger charge is -2.34. The average molecular weight is 410 g/mol. The van der Waals surface area contributed by atoms with E-state index in [2.05, 4.69) is 36.1 Å². The van der Waals surface area contributed by atoms with Crippen molar-refractivity contribution in [1.82, 2.24) is 14.7 Å². The molecule has 0 N–H and O–H groups in total. The molecule has 0 aliphatic carbocycles. The normalized spacial score (nSPS) is 19.0. The average Bonchev–Trinajstić information content (AvgIpc) is 3.21. The summed E-state index contributed by atoms with van der Waals surface area (Å²) in [4.78, 5) is 31.9. The lowest BCUT2D eigenvalue weighted by Crippen LogP contribution is -2.45. The van der Waals surface area contributed by atoms with Crippen molar-refractivity contribution >= 4 is 11.8 Å². The van der Waals surface area contributed by atoms with E-state index in [9.17, 15) is 9.59 Å². The molecule has 3 heterocycles. The van der Waals surface area contributed by atoms with Crippen LogP contribution in [0.1, 0.15) is 40.7 Å². The Morgan fingerprint density at radius 3 is 2.40 bits per heavy atom. The number of rotatable bonds is 4. The summed E-state index contributed by atoms with van der Waals surface area (Å²) >= 11 is 0. The standard InChI is InChI=1S/C24H31N3O3/c1-19-3-5-20(6-4-19)17-25-10-2-11-26(15-14-25)23(28)21-7-12-27(13-8-21)24(29)22-9-16-30-18-22/h3-6,9,16,18,21H,2,7-8,10-15,17H2,1H3. The quantitative estimate of drug-likeness (QED) is 0.778. The van der Waals surface area contributed by atoms with Gasteiger partial charge in [0, 0.05) is 51.7 Å². The van der Waals surface area contributed by atoms with Crippen molar-refractivity contribution in [3.05, 3.63) is 59.5 Å². The van der Waals surface area contributed by atoms with E-state index < -0.39 is 0 Å². The molecule has 4 rings (SSSR count). The Bertz CT molecular complexity index is 839. The highest BCUT2D eigenvalue weighted by Gasteiger charge is 2.31. The van der Waals surface area contributed by atoms with E-state index in [0.29, 0.717) is 18.7 Å². The molecule has 2 aliphatic heterocycles. The van der Waals surface area contributed by atoms with Crippen LogP contribution in [-0.2, 0) is 11.3 Å². The Kier molecular flexibility index (Phi) is 6.53. The zero-order chi connectivity index (χ0) is 20.9. The number of amides is 2. The van der Waals surface area contributed by atoms with Crippen molar-refractivity contribution in [2.45, 2.75) is 32.7 Å². The van der Waals surface area contributed by atoms with Crippen LogP contribution in [0.5, 0.6) is 0 Å². The highest BCUT2D eigenvalue weighted by molar-refractivity contribution is 5.94. The maximum atomic E-state index is 13.1. The van der Waals surface area contributed by atoms with Crippen LogP contribution in [0, 0.1) is 12.8 Å². The lowest BCUT2D eigenvalue weighted by atomic mass is 9.94. The number of likely N-dealkylation sites (tertiary alicyclic amines) is 1. The highest BCUT2D eigenvalue weighted by atomic mass is 16.3. The number of hydrogen-bond donors (Lipinski definition) is 0. The molecule has 6 heteroatoms. The number of benzene rings is 1. The molecule has 1 aromatic carbocycles. The highest BCUT2D eigenvalue weighted by Crippen LogP contribution is 2.22. The smallest absolute Gasteiger partial charge is 0.257 e. The van der Waals surface area contributed by atoms with Crippen LogP contribution in [0.25, 0.3) is 0 Å². The number of furan rings is 1. The third-order valence-electron chi connectivity index (χ3n) is 6.33. The monoisotopic (exact) mass is 409 g/mol. The van der Waals surface area contributed by atoms with E-state index in [4.69, 9.17) is 4.42 Å². The van der Waals surface area contributed by atoms with Gasteiger partial charge in [0.1, 0.15) is 6.26 Å².